The van der Waals surface area contributed by atoms with Gasteiger partial charge in [-0.05, 0) is 44.4 Å². The van der Waals surface area contributed by atoms with Gasteiger partial charge in [0.15, 0.2) is 0 Å². The molecule has 1 aliphatic carbocycles. The van der Waals surface area contributed by atoms with Crippen LogP contribution in [0.5, 0.6) is 0 Å². The molecular weight excluding hydrogens is 335 g/mol. The van der Waals surface area contributed by atoms with E-state index in [1.54, 1.807) is 6.92 Å². The molecule has 23 heavy (non-hydrogen) atoms. The van der Waals surface area contributed by atoms with E-state index >= 15 is 0 Å². The molecule has 7 heteroatoms. The Morgan fingerprint density at radius 2 is 1.96 bits per heavy atom. The summed E-state index contributed by atoms with van der Waals surface area (Å²) in [5.74, 6) is -0.515. The highest BCUT2D eigenvalue weighted by Gasteiger charge is 2.42. The number of thiazole rings is 1. The first-order valence-corrected chi connectivity index (χ1v) is 9.91. The second-order valence-corrected chi connectivity index (χ2v) is 8.64. The van der Waals surface area contributed by atoms with Gasteiger partial charge in [0.2, 0.25) is 10.0 Å². The molecular formula is C16H19FN2O2S2. The summed E-state index contributed by atoms with van der Waals surface area (Å²) in [5, 5.41) is 2.72. The Morgan fingerprint density at radius 3 is 2.52 bits per heavy atom. The molecule has 1 aromatic carbocycles. The molecule has 1 aliphatic rings. The zero-order valence-corrected chi connectivity index (χ0v) is 14.7. The van der Waals surface area contributed by atoms with Crippen molar-refractivity contribution in [2.45, 2.75) is 50.0 Å². The van der Waals surface area contributed by atoms with Crippen molar-refractivity contribution < 1.29 is 12.8 Å². The molecule has 1 saturated carbocycles. The van der Waals surface area contributed by atoms with Gasteiger partial charge >= 0.3 is 0 Å². The number of sulfonamides is 1. The standard InChI is InChI=1S/C16H19FN2O2S2/c1-11-5-6-13(9-14(11)17)23(20,21)19-16(7-3-4-8-16)15-18-12(2)10-22-15/h5-6,9-10,19H,3-4,7-8H2,1-2H3. The van der Waals surface area contributed by atoms with Crippen LogP contribution in [0.15, 0.2) is 28.5 Å². The zero-order chi connectivity index (χ0) is 16.7. The normalized spacial score (nSPS) is 17.5. The van der Waals surface area contributed by atoms with Gasteiger partial charge in [-0.3, -0.25) is 0 Å². The van der Waals surface area contributed by atoms with Crippen LogP contribution in [0.2, 0.25) is 0 Å². The summed E-state index contributed by atoms with van der Waals surface area (Å²) in [5.41, 5.74) is 0.644. The summed E-state index contributed by atoms with van der Waals surface area (Å²) in [6.45, 7) is 3.50. The van der Waals surface area contributed by atoms with Gasteiger partial charge in [0, 0.05) is 11.1 Å². The molecule has 1 heterocycles. The van der Waals surface area contributed by atoms with Gasteiger partial charge in [-0.25, -0.2) is 17.8 Å². The third kappa shape index (κ3) is 3.18. The van der Waals surface area contributed by atoms with E-state index in [2.05, 4.69) is 9.71 Å². The molecule has 0 radical (unpaired) electrons. The van der Waals surface area contributed by atoms with E-state index in [0.717, 1.165) is 29.6 Å². The Bertz CT molecular complexity index is 824. The van der Waals surface area contributed by atoms with Gasteiger partial charge in [-0.1, -0.05) is 18.9 Å². The van der Waals surface area contributed by atoms with E-state index in [1.165, 1.54) is 23.5 Å². The molecule has 0 bridgehead atoms. The maximum Gasteiger partial charge on any atom is 0.241 e. The molecule has 1 N–H and O–H groups in total. The topological polar surface area (TPSA) is 59.1 Å². The van der Waals surface area contributed by atoms with Gasteiger partial charge in [0.1, 0.15) is 10.8 Å². The third-order valence-electron chi connectivity index (χ3n) is 4.27. The van der Waals surface area contributed by atoms with E-state index in [9.17, 15) is 12.8 Å². The molecule has 0 spiro atoms. The van der Waals surface area contributed by atoms with Crippen LogP contribution < -0.4 is 4.72 Å². The monoisotopic (exact) mass is 354 g/mol. The Labute approximate surface area is 139 Å². The Balaban J connectivity index is 1.98. The molecule has 0 aliphatic heterocycles. The quantitative estimate of drug-likeness (QED) is 0.912. The van der Waals surface area contributed by atoms with Crippen LogP contribution in [-0.2, 0) is 15.6 Å². The number of hydrogen-bond acceptors (Lipinski definition) is 4. The summed E-state index contributed by atoms with van der Waals surface area (Å²) in [7, 11) is -3.80. The van der Waals surface area contributed by atoms with Crippen molar-refractivity contribution in [3.05, 3.63) is 45.7 Å². The van der Waals surface area contributed by atoms with Crippen molar-refractivity contribution in [3.8, 4) is 0 Å². The highest BCUT2D eigenvalue weighted by atomic mass is 32.2. The molecule has 2 aromatic rings. The summed E-state index contributed by atoms with van der Waals surface area (Å²) in [6, 6.07) is 4.00. The lowest BCUT2D eigenvalue weighted by atomic mass is 10.0. The van der Waals surface area contributed by atoms with Crippen LogP contribution in [0.25, 0.3) is 0 Å². The first-order valence-electron chi connectivity index (χ1n) is 7.55. The predicted molar refractivity (Wildman–Crippen MR) is 88.5 cm³/mol. The number of halogens is 1. The van der Waals surface area contributed by atoms with Crippen LogP contribution >= 0.6 is 11.3 Å². The van der Waals surface area contributed by atoms with E-state index < -0.39 is 21.4 Å². The van der Waals surface area contributed by atoms with Crippen molar-refractivity contribution in [1.82, 2.24) is 9.71 Å². The molecule has 1 fully saturated rings. The van der Waals surface area contributed by atoms with Gasteiger partial charge in [-0.15, -0.1) is 11.3 Å². The zero-order valence-electron chi connectivity index (χ0n) is 13.1. The Hall–Kier alpha value is -1.31. The number of nitrogens with zero attached hydrogens (tertiary/aromatic N) is 1. The molecule has 1 aromatic heterocycles. The van der Waals surface area contributed by atoms with Gasteiger partial charge in [0.05, 0.1) is 10.4 Å². The molecule has 4 nitrogen and oxygen atoms in total. The fourth-order valence-electron chi connectivity index (χ4n) is 2.97. The lowest BCUT2D eigenvalue weighted by Crippen LogP contribution is -2.43. The van der Waals surface area contributed by atoms with E-state index in [4.69, 9.17) is 0 Å². The number of aryl methyl sites for hydroxylation is 2. The Kier molecular flexibility index (Phi) is 4.29. The number of benzene rings is 1. The fourth-order valence-corrected chi connectivity index (χ4v) is 5.48. The molecule has 124 valence electrons. The highest BCUT2D eigenvalue weighted by molar-refractivity contribution is 7.89. The van der Waals surface area contributed by atoms with Crippen LogP contribution in [0, 0.1) is 19.7 Å². The van der Waals surface area contributed by atoms with Crippen LogP contribution in [0.1, 0.15) is 41.9 Å². The second-order valence-electron chi connectivity index (χ2n) is 6.10. The SMILES string of the molecule is Cc1csc(C2(NS(=O)(=O)c3ccc(C)c(F)c3)CCCC2)n1. The number of aromatic nitrogens is 1. The lowest BCUT2D eigenvalue weighted by Gasteiger charge is -2.27. The van der Waals surface area contributed by atoms with Crippen LogP contribution in [-0.4, -0.2) is 13.4 Å². The third-order valence-corrected chi connectivity index (χ3v) is 6.97. The molecule has 0 unspecified atom stereocenters. The summed E-state index contributed by atoms with van der Waals surface area (Å²) in [6.07, 6.45) is 3.33. The molecule has 0 atom stereocenters. The van der Waals surface area contributed by atoms with Crippen molar-refractivity contribution >= 4 is 21.4 Å². The minimum Gasteiger partial charge on any atom is -0.245 e. The van der Waals surface area contributed by atoms with E-state index in [1.807, 2.05) is 12.3 Å². The Morgan fingerprint density at radius 1 is 1.26 bits per heavy atom. The summed E-state index contributed by atoms with van der Waals surface area (Å²) in [4.78, 5) is 4.45. The van der Waals surface area contributed by atoms with Crippen molar-refractivity contribution in [1.29, 1.82) is 0 Å². The van der Waals surface area contributed by atoms with Crippen molar-refractivity contribution in [2.24, 2.45) is 0 Å². The first-order chi connectivity index (χ1) is 10.8. The molecule has 0 saturated heterocycles. The highest BCUT2D eigenvalue weighted by Crippen LogP contribution is 2.41. The van der Waals surface area contributed by atoms with Gasteiger partial charge in [-0.2, -0.15) is 4.72 Å². The predicted octanol–water partition coefficient (Wildman–Crippen LogP) is 3.65. The average molecular weight is 354 g/mol. The second kappa shape index (κ2) is 5.96. The van der Waals surface area contributed by atoms with Gasteiger partial charge in [0.25, 0.3) is 0 Å². The first kappa shape index (κ1) is 16.5. The maximum absolute atomic E-state index is 13.7. The number of hydrogen-bond donors (Lipinski definition) is 1. The largest absolute Gasteiger partial charge is 0.245 e. The average Bonchev–Trinajstić information content (AvgIpc) is 3.11. The molecule has 3 rings (SSSR count). The lowest BCUT2D eigenvalue weighted by molar-refractivity contribution is 0.401. The van der Waals surface area contributed by atoms with Gasteiger partial charge < -0.3 is 0 Å². The van der Waals surface area contributed by atoms with Crippen molar-refractivity contribution in [3.63, 3.8) is 0 Å². The fraction of sp³-hybridized carbons (Fsp3) is 0.438. The molecule has 0 amide bonds. The summed E-state index contributed by atoms with van der Waals surface area (Å²) < 4.78 is 42.0. The summed E-state index contributed by atoms with van der Waals surface area (Å²) >= 11 is 1.48. The van der Waals surface area contributed by atoms with Crippen LogP contribution in [0.4, 0.5) is 4.39 Å². The smallest absolute Gasteiger partial charge is 0.241 e. The maximum atomic E-state index is 13.7. The van der Waals surface area contributed by atoms with E-state index in [0.29, 0.717) is 18.4 Å². The minimum absolute atomic E-state index is 0.0415. The van der Waals surface area contributed by atoms with Crippen LogP contribution in [0.3, 0.4) is 0 Å². The number of nitrogens with one attached hydrogen (secondary N) is 1. The van der Waals surface area contributed by atoms with Crippen molar-refractivity contribution in [2.75, 3.05) is 0 Å². The van der Waals surface area contributed by atoms with E-state index in [-0.39, 0.29) is 4.90 Å². The minimum atomic E-state index is -3.80. The number of rotatable bonds is 4.